The number of allylic oxidation sites excluding steroid dienone is 6. The van der Waals surface area contributed by atoms with Crippen molar-refractivity contribution in [3.63, 3.8) is 0 Å². The second-order valence-corrected chi connectivity index (χ2v) is 40.0. The molecule has 0 N–H and O–H groups in total. The van der Waals surface area contributed by atoms with Crippen molar-refractivity contribution < 1.29 is 24.7 Å². The number of hydrogen-bond donors (Lipinski definition) is 0. The Bertz CT molecular complexity index is 1080. The van der Waals surface area contributed by atoms with Crippen molar-refractivity contribution in [2.24, 2.45) is 0 Å². The fourth-order valence-corrected chi connectivity index (χ4v) is 40.6. The van der Waals surface area contributed by atoms with Crippen LogP contribution in [0.15, 0.2) is 33.8 Å². The summed E-state index contributed by atoms with van der Waals surface area (Å²) in [6.45, 7) is 13.3. The molecule has 0 bridgehead atoms. The van der Waals surface area contributed by atoms with E-state index >= 15 is 0 Å². The summed E-state index contributed by atoms with van der Waals surface area (Å²) >= 11 is 0. The molecule has 1 heterocycles. The van der Waals surface area contributed by atoms with Crippen LogP contribution in [0.3, 0.4) is 0 Å². The molecule has 1 unspecified atom stereocenters. The molecule has 0 radical (unpaired) electrons. The molecule has 3 aliphatic carbocycles. The first-order valence-corrected chi connectivity index (χ1v) is 37.3. The van der Waals surface area contributed by atoms with Crippen LogP contribution in [0.4, 0.5) is 0 Å². The molecule has 282 valence electrons. The largest absolute Gasteiger partial charge is 0.420 e. The first kappa shape index (κ1) is 42.2. The quantitative estimate of drug-likeness (QED) is 0.265. The minimum atomic E-state index is -3.21. The van der Waals surface area contributed by atoms with Crippen LogP contribution in [0.25, 0.3) is 0 Å². The molecule has 0 aromatic rings. The van der Waals surface area contributed by atoms with Crippen molar-refractivity contribution in [3.8, 4) is 0 Å². The standard InChI is InChI=1S/C36H74O6Si7/c1-45(2)37-44-38-49(43,36-32-26-20-14-9-15-21-27-33-36)42-48(41-47(5,6)40-46(3,4)39-45,34-28-22-16-10-7-11-17-23-29-34)35-30-24-18-12-8-13-19-25-31-35/h28,30,32H,7-27,29,31,33,44H2,1-6,43H3. The van der Waals surface area contributed by atoms with Gasteiger partial charge in [-0.1, -0.05) is 95.3 Å². The van der Waals surface area contributed by atoms with Gasteiger partial charge in [-0.15, -0.1) is 0 Å². The van der Waals surface area contributed by atoms with E-state index in [4.69, 9.17) is 24.7 Å². The van der Waals surface area contributed by atoms with Crippen molar-refractivity contribution in [1.82, 2.24) is 0 Å². The Morgan fingerprint density at radius 3 is 1.29 bits per heavy atom. The van der Waals surface area contributed by atoms with Crippen LogP contribution in [0, 0.1) is 0 Å². The Morgan fingerprint density at radius 1 is 0.429 bits per heavy atom. The van der Waals surface area contributed by atoms with Gasteiger partial charge in [0.05, 0.1) is 9.76 Å². The molecule has 1 saturated heterocycles. The summed E-state index contributed by atoms with van der Waals surface area (Å²) in [5.74, 6) is 0. The predicted molar refractivity (Wildman–Crippen MR) is 224 cm³/mol. The Balaban J connectivity index is 1.95. The average molecular weight is 800 g/mol. The lowest BCUT2D eigenvalue weighted by atomic mass is 10.0. The van der Waals surface area contributed by atoms with Crippen LogP contribution >= 0.6 is 0 Å². The van der Waals surface area contributed by atoms with Crippen molar-refractivity contribution >= 4 is 62.1 Å². The summed E-state index contributed by atoms with van der Waals surface area (Å²) in [5.41, 5.74) is 0. The van der Waals surface area contributed by atoms with E-state index in [-0.39, 0.29) is 0 Å². The van der Waals surface area contributed by atoms with Crippen molar-refractivity contribution in [1.29, 1.82) is 0 Å². The highest BCUT2D eigenvalue weighted by molar-refractivity contribution is 7.18. The first-order valence-electron chi connectivity index (χ1n) is 20.5. The molecular weight excluding hydrogens is 725 g/mol. The lowest BCUT2D eigenvalue weighted by Crippen LogP contribution is -2.66. The molecule has 6 nitrogen and oxygen atoms in total. The molecule has 0 spiro atoms. The topological polar surface area (TPSA) is 55.4 Å². The van der Waals surface area contributed by atoms with Crippen molar-refractivity contribution in [2.75, 3.05) is 0 Å². The molecule has 49 heavy (non-hydrogen) atoms. The molecule has 4 aliphatic rings. The van der Waals surface area contributed by atoms with Gasteiger partial charge in [0.25, 0.3) is 10.0 Å². The molecule has 0 amide bonds. The van der Waals surface area contributed by atoms with Crippen LogP contribution in [-0.2, 0) is 24.7 Å². The molecule has 1 aliphatic heterocycles. The summed E-state index contributed by atoms with van der Waals surface area (Å²) in [5, 5.41) is 4.49. The molecule has 0 aromatic carbocycles. The highest BCUT2D eigenvalue weighted by Crippen LogP contribution is 2.42. The smallest absolute Gasteiger partial charge is 0.380 e. The van der Waals surface area contributed by atoms with Crippen molar-refractivity contribution in [2.45, 2.75) is 193 Å². The average Bonchev–Trinajstić information content (AvgIpc) is 3.02. The highest BCUT2D eigenvalue weighted by atomic mass is 29.2. The fourth-order valence-electron chi connectivity index (χ4n) is 8.48. The Labute approximate surface area is 312 Å². The predicted octanol–water partition coefficient (Wildman–Crippen LogP) is 9.75. The van der Waals surface area contributed by atoms with Gasteiger partial charge in [0.1, 0.15) is 0 Å². The van der Waals surface area contributed by atoms with Gasteiger partial charge in [0.15, 0.2) is 0 Å². The fraction of sp³-hybridized carbons (Fsp3) is 0.833. The summed E-state index contributed by atoms with van der Waals surface area (Å²) in [6, 6.07) is 0. The maximum absolute atomic E-state index is 8.28. The number of rotatable bonds is 3. The normalized spacial score (nSPS) is 33.1. The van der Waals surface area contributed by atoms with E-state index in [0.717, 1.165) is 48.3 Å². The van der Waals surface area contributed by atoms with E-state index in [1.807, 2.05) is 0 Å². The van der Waals surface area contributed by atoms with Gasteiger partial charge >= 0.3 is 42.3 Å². The van der Waals surface area contributed by atoms with Crippen LogP contribution in [0.1, 0.15) is 154 Å². The molecule has 13 heteroatoms. The zero-order chi connectivity index (χ0) is 35.3. The molecule has 1 atom stereocenters. The molecule has 0 aromatic heterocycles. The maximum atomic E-state index is 8.28. The Kier molecular flexibility index (Phi) is 17.5. The highest BCUT2D eigenvalue weighted by Gasteiger charge is 2.57. The van der Waals surface area contributed by atoms with E-state index in [1.54, 1.807) is 0 Å². The third-order valence-corrected chi connectivity index (χ3v) is 41.0. The van der Waals surface area contributed by atoms with E-state index < -0.39 is 52.3 Å². The van der Waals surface area contributed by atoms with Crippen LogP contribution < -0.4 is 0 Å². The summed E-state index contributed by atoms with van der Waals surface area (Å²) < 4.78 is 44.6. The van der Waals surface area contributed by atoms with Crippen LogP contribution in [-0.4, -0.2) is 62.1 Å². The van der Waals surface area contributed by atoms with E-state index in [0.29, 0.717) is 0 Å². The van der Waals surface area contributed by atoms with Crippen molar-refractivity contribution in [3.05, 3.63) is 33.8 Å². The SMILES string of the molecule is C[Si]1(C)O[SiH2]O[Si]([SiH3])(C2=CCCCCCCCC2)O[Si](C2=CCCCCCCCC2)(C2=CCCCCCCCC2)O[Si](C)(C)O[Si](C)(C)O1. The van der Waals surface area contributed by atoms with Gasteiger partial charge < -0.3 is 24.7 Å². The van der Waals surface area contributed by atoms with Crippen LogP contribution in [0.2, 0.25) is 39.3 Å². The molecule has 0 saturated carbocycles. The monoisotopic (exact) mass is 798 g/mol. The first-order chi connectivity index (χ1) is 23.4. The lowest BCUT2D eigenvalue weighted by Gasteiger charge is -2.48. The second-order valence-electron chi connectivity index (χ2n) is 16.7. The van der Waals surface area contributed by atoms with Gasteiger partial charge in [-0.25, -0.2) is 0 Å². The van der Waals surface area contributed by atoms with E-state index in [9.17, 15) is 0 Å². The van der Waals surface area contributed by atoms with Crippen LogP contribution in [0.5, 0.6) is 0 Å². The van der Waals surface area contributed by atoms with Gasteiger partial charge in [-0.3, -0.25) is 0 Å². The van der Waals surface area contributed by atoms with E-state index in [1.165, 1.54) is 131 Å². The number of hydrogen-bond acceptors (Lipinski definition) is 6. The van der Waals surface area contributed by atoms with Gasteiger partial charge in [-0.05, 0) is 132 Å². The van der Waals surface area contributed by atoms with E-state index in [2.05, 4.69) is 57.5 Å². The van der Waals surface area contributed by atoms with Gasteiger partial charge in [0, 0.05) is 0 Å². The Morgan fingerprint density at radius 2 is 0.796 bits per heavy atom. The lowest BCUT2D eigenvalue weighted by molar-refractivity contribution is 0.258. The maximum Gasteiger partial charge on any atom is 0.380 e. The summed E-state index contributed by atoms with van der Waals surface area (Å²) in [7, 11) is -14.4. The Hall–Kier alpha value is 0.498. The zero-order valence-electron chi connectivity index (χ0n) is 32.9. The third kappa shape index (κ3) is 14.0. The summed E-state index contributed by atoms with van der Waals surface area (Å²) in [6.07, 6.45) is 37.8. The van der Waals surface area contributed by atoms with Gasteiger partial charge in [-0.2, -0.15) is 0 Å². The third-order valence-electron chi connectivity index (χ3n) is 10.8. The minimum Gasteiger partial charge on any atom is -0.420 e. The van der Waals surface area contributed by atoms with Gasteiger partial charge in [0.2, 0.25) is 0 Å². The zero-order valence-corrected chi connectivity index (χ0v) is 41.3. The molecule has 1 fully saturated rings. The molecular formula is C36H74O6Si7. The minimum absolute atomic E-state index is 0.862. The second kappa shape index (κ2) is 20.3. The molecule has 4 rings (SSSR count). The summed E-state index contributed by atoms with van der Waals surface area (Å²) in [4.78, 5) is 0.